The Bertz CT molecular complexity index is 324. The van der Waals surface area contributed by atoms with Gasteiger partial charge in [0.05, 0.1) is 13.2 Å². The number of hydrogen-bond acceptors (Lipinski definition) is 4. The highest BCUT2D eigenvalue weighted by atomic mass is 16.5. The molecule has 0 aliphatic heterocycles. The number of esters is 1. The van der Waals surface area contributed by atoms with E-state index in [-0.39, 0.29) is 0 Å². The monoisotopic (exact) mass is 223 g/mol. The van der Waals surface area contributed by atoms with E-state index in [1.54, 1.807) is 6.92 Å². The largest absolute Gasteiger partial charge is 0.468 e. The topological polar surface area (TPSA) is 58.6 Å². The Balaban J connectivity index is 2.54. The number of carbonyl (C=O) groups excluding carboxylic acids is 1. The second kappa shape index (κ2) is 6.25. The summed E-state index contributed by atoms with van der Waals surface area (Å²) in [4.78, 5) is 11.3. The average Bonchev–Trinajstić information content (AvgIpc) is 2.30. The van der Waals surface area contributed by atoms with Gasteiger partial charge in [-0.15, -0.1) is 0 Å². The van der Waals surface area contributed by atoms with Crippen molar-refractivity contribution in [2.75, 3.05) is 7.11 Å². The fraction of sp³-hybridized carbons (Fsp3) is 0.417. The molecule has 1 aromatic rings. The van der Waals surface area contributed by atoms with Crippen molar-refractivity contribution in [3.05, 3.63) is 35.9 Å². The van der Waals surface area contributed by atoms with Crippen LogP contribution in [0.25, 0.3) is 0 Å². The normalized spacial score (nSPS) is 14.2. The minimum absolute atomic E-state index is 0.453. The molecule has 2 N–H and O–H groups in total. The molecule has 16 heavy (non-hydrogen) atoms. The summed E-state index contributed by atoms with van der Waals surface area (Å²) in [6.07, 6.45) is -0.781. The van der Waals surface area contributed by atoms with E-state index in [0.29, 0.717) is 6.54 Å². The van der Waals surface area contributed by atoms with Crippen molar-refractivity contribution >= 4 is 5.97 Å². The lowest BCUT2D eigenvalue weighted by atomic mass is 10.1. The second-order valence-electron chi connectivity index (χ2n) is 3.61. The Morgan fingerprint density at radius 1 is 1.44 bits per heavy atom. The molecule has 0 aromatic heterocycles. The molecule has 0 heterocycles. The summed E-state index contributed by atoms with van der Waals surface area (Å²) in [5.74, 6) is -0.453. The molecule has 0 amide bonds. The quantitative estimate of drug-likeness (QED) is 0.721. The van der Waals surface area contributed by atoms with Crippen LogP contribution >= 0.6 is 0 Å². The third-order valence-electron chi connectivity index (χ3n) is 2.31. The van der Waals surface area contributed by atoms with E-state index in [9.17, 15) is 9.90 Å². The molecule has 0 radical (unpaired) electrons. The van der Waals surface area contributed by atoms with Gasteiger partial charge in [-0.2, -0.15) is 0 Å². The van der Waals surface area contributed by atoms with Crippen LogP contribution < -0.4 is 5.32 Å². The van der Waals surface area contributed by atoms with E-state index < -0.39 is 18.1 Å². The molecular weight excluding hydrogens is 206 g/mol. The zero-order valence-corrected chi connectivity index (χ0v) is 9.51. The summed E-state index contributed by atoms with van der Waals surface area (Å²) in [5, 5.41) is 12.4. The maximum Gasteiger partial charge on any atom is 0.325 e. The lowest BCUT2D eigenvalue weighted by Crippen LogP contribution is -2.45. The van der Waals surface area contributed by atoms with Gasteiger partial charge in [0.15, 0.2) is 0 Å². The van der Waals surface area contributed by atoms with Crippen LogP contribution in [0.4, 0.5) is 0 Å². The third kappa shape index (κ3) is 3.64. The van der Waals surface area contributed by atoms with Crippen molar-refractivity contribution in [2.45, 2.75) is 25.6 Å². The number of benzene rings is 1. The van der Waals surface area contributed by atoms with Gasteiger partial charge in [0.25, 0.3) is 0 Å². The van der Waals surface area contributed by atoms with Gasteiger partial charge in [0.2, 0.25) is 0 Å². The van der Waals surface area contributed by atoms with Gasteiger partial charge in [-0.25, -0.2) is 0 Å². The molecule has 0 saturated heterocycles. The smallest absolute Gasteiger partial charge is 0.325 e. The average molecular weight is 223 g/mol. The molecule has 1 rings (SSSR count). The van der Waals surface area contributed by atoms with Gasteiger partial charge in [-0.3, -0.25) is 10.1 Å². The zero-order valence-electron chi connectivity index (χ0n) is 9.51. The van der Waals surface area contributed by atoms with Crippen LogP contribution in [-0.4, -0.2) is 30.3 Å². The zero-order chi connectivity index (χ0) is 12.0. The van der Waals surface area contributed by atoms with Crippen LogP contribution in [0.2, 0.25) is 0 Å². The summed E-state index contributed by atoms with van der Waals surface area (Å²) in [5.41, 5.74) is 1.05. The Morgan fingerprint density at radius 3 is 2.56 bits per heavy atom. The van der Waals surface area contributed by atoms with Crippen LogP contribution in [0.15, 0.2) is 30.3 Å². The van der Waals surface area contributed by atoms with E-state index in [4.69, 9.17) is 0 Å². The molecule has 1 aromatic carbocycles. The predicted molar refractivity (Wildman–Crippen MR) is 60.8 cm³/mol. The Hall–Kier alpha value is -1.39. The van der Waals surface area contributed by atoms with Gasteiger partial charge in [-0.1, -0.05) is 30.3 Å². The number of rotatable bonds is 5. The summed E-state index contributed by atoms with van der Waals surface area (Å²) < 4.78 is 4.60. The molecular formula is C12H17NO3. The fourth-order valence-corrected chi connectivity index (χ4v) is 1.40. The summed E-state index contributed by atoms with van der Waals surface area (Å²) >= 11 is 0. The molecule has 0 saturated carbocycles. The summed E-state index contributed by atoms with van der Waals surface area (Å²) in [6, 6.07) is 8.98. The lowest BCUT2D eigenvalue weighted by molar-refractivity contribution is -0.145. The van der Waals surface area contributed by atoms with Crippen molar-refractivity contribution in [1.29, 1.82) is 0 Å². The van der Waals surface area contributed by atoms with Crippen LogP contribution in [0.1, 0.15) is 12.5 Å². The molecule has 88 valence electrons. The Morgan fingerprint density at radius 2 is 2.06 bits per heavy atom. The number of nitrogens with one attached hydrogen (secondary N) is 1. The lowest BCUT2D eigenvalue weighted by Gasteiger charge is -2.18. The maximum atomic E-state index is 11.3. The van der Waals surface area contributed by atoms with Gasteiger partial charge >= 0.3 is 5.97 Å². The molecule has 0 fully saturated rings. The minimum atomic E-state index is -0.781. The summed E-state index contributed by atoms with van der Waals surface area (Å²) in [6.45, 7) is 2.07. The van der Waals surface area contributed by atoms with Crippen molar-refractivity contribution in [1.82, 2.24) is 5.32 Å². The van der Waals surface area contributed by atoms with E-state index >= 15 is 0 Å². The van der Waals surface area contributed by atoms with Crippen LogP contribution in [0.5, 0.6) is 0 Å². The highest BCUT2D eigenvalue weighted by molar-refractivity contribution is 5.76. The highest BCUT2D eigenvalue weighted by Crippen LogP contribution is 2.01. The molecule has 0 aliphatic carbocycles. The molecule has 4 heteroatoms. The van der Waals surface area contributed by atoms with E-state index in [1.165, 1.54) is 7.11 Å². The van der Waals surface area contributed by atoms with Gasteiger partial charge < -0.3 is 9.84 Å². The van der Waals surface area contributed by atoms with Crippen molar-refractivity contribution in [2.24, 2.45) is 0 Å². The first kappa shape index (κ1) is 12.7. The van der Waals surface area contributed by atoms with E-state index in [2.05, 4.69) is 10.1 Å². The van der Waals surface area contributed by atoms with E-state index in [0.717, 1.165) is 5.56 Å². The van der Waals surface area contributed by atoms with Gasteiger partial charge in [0, 0.05) is 6.54 Å². The molecule has 0 spiro atoms. The SMILES string of the molecule is COC(=O)[C@H](NCc1ccccc1)[C@H](C)O. The molecule has 0 unspecified atom stereocenters. The van der Waals surface area contributed by atoms with Crippen LogP contribution in [0, 0.1) is 0 Å². The Labute approximate surface area is 95.2 Å². The minimum Gasteiger partial charge on any atom is -0.468 e. The second-order valence-corrected chi connectivity index (χ2v) is 3.61. The molecule has 0 bridgehead atoms. The number of methoxy groups -OCH3 is 1. The van der Waals surface area contributed by atoms with Gasteiger partial charge in [0.1, 0.15) is 6.04 Å². The van der Waals surface area contributed by atoms with Crippen LogP contribution in [0.3, 0.4) is 0 Å². The molecule has 0 aliphatic rings. The highest BCUT2D eigenvalue weighted by Gasteiger charge is 2.23. The van der Waals surface area contributed by atoms with E-state index in [1.807, 2.05) is 30.3 Å². The number of aliphatic hydroxyl groups is 1. The van der Waals surface area contributed by atoms with Crippen molar-refractivity contribution in [3.63, 3.8) is 0 Å². The van der Waals surface area contributed by atoms with Crippen LogP contribution in [-0.2, 0) is 16.1 Å². The fourth-order valence-electron chi connectivity index (χ4n) is 1.40. The number of ether oxygens (including phenoxy) is 1. The maximum absolute atomic E-state index is 11.3. The van der Waals surface area contributed by atoms with Crippen molar-refractivity contribution < 1.29 is 14.6 Å². The first-order chi connectivity index (χ1) is 7.65. The molecule has 4 nitrogen and oxygen atoms in total. The first-order valence-electron chi connectivity index (χ1n) is 5.18. The van der Waals surface area contributed by atoms with Gasteiger partial charge in [-0.05, 0) is 12.5 Å². The third-order valence-corrected chi connectivity index (χ3v) is 2.31. The van der Waals surface area contributed by atoms with Crippen molar-refractivity contribution in [3.8, 4) is 0 Å². The number of aliphatic hydroxyl groups excluding tert-OH is 1. The molecule has 2 atom stereocenters. The predicted octanol–water partition coefficient (Wildman–Crippen LogP) is 0.699. The standard InChI is InChI=1S/C12H17NO3/c1-9(14)11(12(15)16-2)13-8-10-6-4-3-5-7-10/h3-7,9,11,13-14H,8H2,1-2H3/t9-,11+/m0/s1. The first-order valence-corrected chi connectivity index (χ1v) is 5.18. The number of carbonyl (C=O) groups is 1. The number of hydrogen-bond donors (Lipinski definition) is 2. The summed E-state index contributed by atoms with van der Waals surface area (Å²) in [7, 11) is 1.31. The Kier molecular flexibility index (Phi) is 4.95.